The van der Waals surface area contributed by atoms with Crippen molar-refractivity contribution in [3.05, 3.63) is 64.3 Å². The number of benzene rings is 2. The largest absolute Gasteiger partial charge is 0.497 e. The molecule has 5 rings (SSSR count). The van der Waals surface area contributed by atoms with E-state index in [1.165, 1.54) is 43.0 Å². The van der Waals surface area contributed by atoms with Crippen molar-refractivity contribution < 1.29 is 23.8 Å². The Morgan fingerprint density at radius 1 is 1.19 bits per heavy atom. The lowest BCUT2D eigenvalue weighted by Crippen LogP contribution is -2.29. The molecule has 0 atom stereocenters. The van der Waals surface area contributed by atoms with Crippen molar-refractivity contribution in [3.8, 4) is 34.4 Å². The van der Waals surface area contributed by atoms with Crippen LogP contribution in [0.3, 0.4) is 0 Å². The molecule has 0 aliphatic heterocycles. The van der Waals surface area contributed by atoms with Gasteiger partial charge in [0.25, 0.3) is 17.5 Å². The number of carbonyl (C=O) groups excluding carboxylic acids is 2. The van der Waals surface area contributed by atoms with Gasteiger partial charge in [0.05, 0.1) is 17.7 Å². The summed E-state index contributed by atoms with van der Waals surface area (Å²) in [5, 5.41) is 25.2. The zero-order valence-electron chi connectivity index (χ0n) is 19.8. The molecule has 2 heterocycles. The van der Waals surface area contributed by atoms with Crippen LogP contribution in [0.15, 0.2) is 53.1 Å². The number of aromatic nitrogens is 4. The molecule has 0 spiro atoms. The fraction of sp³-hybridized carbons (Fsp3) is 0.208. The molecular formula is C24H21N7O6. The number of rotatable bonds is 8. The van der Waals surface area contributed by atoms with Crippen molar-refractivity contribution in [2.24, 2.45) is 0 Å². The third kappa shape index (κ3) is 4.87. The number of nitrogens with zero attached hydrogens (tertiary/aromatic N) is 5. The first-order valence-corrected chi connectivity index (χ1v) is 11.3. The van der Waals surface area contributed by atoms with E-state index in [9.17, 15) is 19.7 Å². The van der Waals surface area contributed by atoms with E-state index in [2.05, 4.69) is 25.9 Å². The number of nitrogens with one attached hydrogen (secondary N) is 2. The lowest BCUT2D eigenvalue weighted by Gasteiger charge is -2.11. The third-order valence-electron chi connectivity index (χ3n) is 5.57. The first kappa shape index (κ1) is 23.7. The van der Waals surface area contributed by atoms with Gasteiger partial charge in [0.2, 0.25) is 11.7 Å². The first-order chi connectivity index (χ1) is 17.8. The number of hydrogen-bond acceptors (Lipinski definition) is 9. The molecule has 37 heavy (non-hydrogen) atoms. The SMILES string of the molecule is COc1cccc(-n2nc(-c3noc(-c4ccc([N+](=O)[O-])cc4)n3)c(NC(C)=O)c2C(=O)NC2CC2)c1. The van der Waals surface area contributed by atoms with E-state index in [0.29, 0.717) is 17.0 Å². The molecule has 0 radical (unpaired) electrons. The summed E-state index contributed by atoms with van der Waals surface area (Å²) in [6.45, 7) is 1.31. The standard InChI is InChI=1S/C24H21N7O6/c1-13(32)25-19-20(22-27-24(37-29-22)14-6-10-16(11-7-14)31(34)35)28-30(17-4-3-5-18(12-17)36-2)21(19)23(33)26-15-8-9-15/h3-7,10-12,15H,8-9H2,1-2H3,(H,25,32)(H,26,33). The van der Waals surface area contributed by atoms with E-state index >= 15 is 0 Å². The summed E-state index contributed by atoms with van der Waals surface area (Å²) in [6, 6.07) is 12.6. The molecule has 13 heteroatoms. The van der Waals surface area contributed by atoms with Gasteiger partial charge in [-0.1, -0.05) is 11.2 Å². The summed E-state index contributed by atoms with van der Waals surface area (Å²) in [6.07, 6.45) is 1.73. The topological polar surface area (TPSA) is 167 Å². The molecule has 0 saturated heterocycles. The van der Waals surface area contributed by atoms with Gasteiger partial charge in [-0.15, -0.1) is 0 Å². The summed E-state index contributed by atoms with van der Waals surface area (Å²) < 4.78 is 12.1. The second kappa shape index (κ2) is 9.53. The molecule has 0 unspecified atom stereocenters. The zero-order chi connectivity index (χ0) is 26.1. The Kier molecular flexibility index (Phi) is 6.09. The van der Waals surface area contributed by atoms with Crippen LogP contribution in [0.2, 0.25) is 0 Å². The lowest BCUT2D eigenvalue weighted by atomic mass is 10.2. The van der Waals surface area contributed by atoms with Gasteiger partial charge < -0.3 is 19.9 Å². The smallest absolute Gasteiger partial charge is 0.272 e. The van der Waals surface area contributed by atoms with Crippen molar-refractivity contribution >= 4 is 23.2 Å². The molecule has 1 aliphatic rings. The molecule has 1 saturated carbocycles. The average Bonchev–Trinajstić information content (AvgIpc) is 3.43. The van der Waals surface area contributed by atoms with Crippen LogP contribution in [0.25, 0.3) is 28.7 Å². The van der Waals surface area contributed by atoms with E-state index in [0.717, 1.165) is 12.8 Å². The van der Waals surface area contributed by atoms with E-state index in [-0.39, 0.29) is 40.5 Å². The quantitative estimate of drug-likeness (QED) is 0.271. The van der Waals surface area contributed by atoms with Gasteiger partial charge >= 0.3 is 0 Å². The number of anilines is 1. The van der Waals surface area contributed by atoms with Crippen molar-refractivity contribution in [1.82, 2.24) is 25.2 Å². The zero-order valence-corrected chi connectivity index (χ0v) is 19.8. The molecule has 2 aromatic heterocycles. The van der Waals surface area contributed by atoms with Crippen LogP contribution in [0.1, 0.15) is 30.3 Å². The average molecular weight is 503 g/mol. The van der Waals surface area contributed by atoms with Gasteiger partial charge in [-0.3, -0.25) is 19.7 Å². The van der Waals surface area contributed by atoms with Gasteiger partial charge in [-0.25, -0.2) is 4.68 Å². The molecule has 0 bridgehead atoms. The highest BCUT2D eigenvalue weighted by Crippen LogP contribution is 2.34. The Bertz CT molecular complexity index is 1500. The minimum Gasteiger partial charge on any atom is -0.497 e. The Balaban J connectivity index is 1.63. The molecule has 13 nitrogen and oxygen atoms in total. The second-order valence-electron chi connectivity index (χ2n) is 8.34. The molecule has 188 valence electrons. The lowest BCUT2D eigenvalue weighted by molar-refractivity contribution is -0.384. The van der Waals surface area contributed by atoms with Crippen LogP contribution < -0.4 is 15.4 Å². The van der Waals surface area contributed by atoms with Crippen molar-refractivity contribution in [2.45, 2.75) is 25.8 Å². The number of non-ortho nitro benzene ring substituents is 1. The maximum Gasteiger partial charge on any atom is 0.272 e. The predicted molar refractivity (Wildman–Crippen MR) is 130 cm³/mol. The van der Waals surface area contributed by atoms with E-state index in [4.69, 9.17) is 9.26 Å². The van der Waals surface area contributed by atoms with Gasteiger partial charge in [0, 0.05) is 36.7 Å². The van der Waals surface area contributed by atoms with Crippen LogP contribution >= 0.6 is 0 Å². The summed E-state index contributed by atoms with van der Waals surface area (Å²) in [7, 11) is 1.52. The molecule has 1 fully saturated rings. The van der Waals surface area contributed by atoms with Crippen LogP contribution in [0.5, 0.6) is 5.75 Å². The summed E-state index contributed by atoms with van der Waals surface area (Å²) in [5.41, 5.74) is 1.19. The number of nitro groups is 1. The Labute approximate surface area is 209 Å². The molecule has 1 aliphatic carbocycles. The number of carbonyl (C=O) groups is 2. The van der Waals surface area contributed by atoms with Crippen LogP contribution in [0.4, 0.5) is 11.4 Å². The summed E-state index contributed by atoms with van der Waals surface area (Å²) in [4.78, 5) is 40.3. The molecule has 4 aromatic rings. The van der Waals surface area contributed by atoms with Crippen molar-refractivity contribution in [2.75, 3.05) is 12.4 Å². The van der Waals surface area contributed by atoms with Crippen LogP contribution in [-0.4, -0.2) is 49.8 Å². The minimum absolute atomic E-state index is 0.0132. The third-order valence-corrected chi connectivity index (χ3v) is 5.57. The van der Waals surface area contributed by atoms with Crippen LogP contribution in [0, 0.1) is 10.1 Å². The van der Waals surface area contributed by atoms with Crippen molar-refractivity contribution in [1.29, 1.82) is 0 Å². The highest BCUT2D eigenvalue weighted by atomic mass is 16.6. The first-order valence-electron chi connectivity index (χ1n) is 11.3. The fourth-order valence-corrected chi connectivity index (χ4v) is 3.65. The predicted octanol–water partition coefficient (Wildman–Crippen LogP) is 3.36. The normalized spacial score (nSPS) is 12.7. The van der Waals surface area contributed by atoms with Gasteiger partial charge in [-0.05, 0) is 37.1 Å². The molecule has 2 amide bonds. The van der Waals surface area contributed by atoms with Crippen LogP contribution in [-0.2, 0) is 4.79 Å². The van der Waals surface area contributed by atoms with Gasteiger partial charge in [-0.2, -0.15) is 10.1 Å². The Hall–Kier alpha value is -5.07. The maximum absolute atomic E-state index is 13.3. The van der Waals surface area contributed by atoms with E-state index in [1.807, 2.05) is 0 Å². The highest BCUT2D eigenvalue weighted by Gasteiger charge is 2.32. The summed E-state index contributed by atoms with van der Waals surface area (Å²) >= 11 is 0. The molecule has 2 aromatic carbocycles. The summed E-state index contributed by atoms with van der Waals surface area (Å²) in [5.74, 6) is -0.208. The fourth-order valence-electron chi connectivity index (χ4n) is 3.65. The number of amides is 2. The molecule has 2 N–H and O–H groups in total. The van der Waals surface area contributed by atoms with Crippen molar-refractivity contribution in [3.63, 3.8) is 0 Å². The van der Waals surface area contributed by atoms with E-state index < -0.39 is 16.7 Å². The van der Waals surface area contributed by atoms with Gasteiger partial charge in [0.1, 0.15) is 11.4 Å². The Morgan fingerprint density at radius 3 is 2.59 bits per heavy atom. The Morgan fingerprint density at radius 2 is 1.95 bits per heavy atom. The van der Waals surface area contributed by atoms with Gasteiger partial charge in [0.15, 0.2) is 11.4 Å². The highest BCUT2D eigenvalue weighted by molar-refractivity contribution is 6.06. The maximum atomic E-state index is 13.3. The number of ether oxygens (including phenoxy) is 1. The number of hydrogen-bond donors (Lipinski definition) is 2. The minimum atomic E-state index is -0.512. The number of methoxy groups -OCH3 is 1. The van der Waals surface area contributed by atoms with E-state index in [1.54, 1.807) is 24.3 Å². The molecular weight excluding hydrogens is 482 g/mol. The monoisotopic (exact) mass is 503 g/mol. The number of nitro benzene ring substituents is 1. The second-order valence-corrected chi connectivity index (χ2v) is 8.34.